The van der Waals surface area contributed by atoms with Crippen LogP contribution in [0, 0.1) is 0 Å². The molecule has 2 N–H and O–H groups in total. The highest BCUT2D eigenvalue weighted by molar-refractivity contribution is 6.08. The summed E-state index contributed by atoms with van der Waals surface area (Å²) < 4.78 is 0. The number of fused-ring (bicyclic) bond motifs is 1. The number of aromatic nitrogens is 1. The van der Waals surface area contributed by atoms with Crippen molar-refractivity contribution in [1.82, 2.24) is 4.98 Å². The summed E-state index contributed by atoms with van der Waals surface area (Å²) in [4.78, 5) is 30.7. The van der Waals surface area contributed by atoms with Crippen LogP contribution in [0.2, 0.25) is 0 Å². The molecule has 2 aliphatic heterocycles. The second-order valence-electron chi connectivity index (χ2n) is 6.12. The van der Waals surface area contributed by atoms with Crippen LogP contribution >= 0.6 is 0 Å². The minimum atomic E-state index is -0.178. The molecule has 2 aromatic rings. The number of hydrogen-bond donors (Lipinski definition) is 2. The Balaban J connectivity index is 1.57. The van der Waals surface area contributed by atoms with Crippen molar-refractivity contribution in [2.75, 3.05) is 28.6 Å². The van der Waals surface area contributed by atoms with E-state index in [4.69, 9.17) is 0 Å². The number of nitrogens with zero attached hydrogens (tertiary/aromatic N) is 2. The highest BCUT2D eigenvalue weighted by atomic mass is 16.2. The summed E-state index contributed by atoms with van der Waals surface area (Å²) in [6.07, 6.45) is 4.33. The second kappa shape index (κ2) is 5.96. The molecule has 1 fully saturated rings. The first-order valence-electron chi connectivity index (χ1n) is 8.15. The Morgan fingerprint density at radius 2 is 2.04 bits per heavy atom. The number of amides is 2. The van der Waals surface area contributed by atoms with Gasteiger partial charge in [-0.15, -0.1) is 0 Å². The molecule has 2 aliphatic rings. The first-order valence-corrected chi connectivity index (χ1v) is 8.15. The van der Waals surface area contributed by atoms with E-state index in [1.54, 1.807) is 24.4 Å². The number of nitrogens with one attached hydrogen (secondary N) is 2. The normalized spacial score (nSPS) is 16.0. The maximum Gasteiger partial charge on any atom is 0.259 e. The van der Waals surface area contributed by atoms with Crippen molar-refractivity contribution in [2.45, 2.75) is 19.3 Å². The van der Waals surface area contributed by atoms with Crippen molar-refractivity contribution in [1.29, 1.82) is 0 Å². The standard InChI is InChI=1S/C18H18N4O2/c23-16-11-12-10-13(5-6-15(12)21-16)20-18(24)14-4-3-7-19-17(14)22-8-1-2-9-22/h3-7,10H,1-2,8-9,11H2,(H,20,24)(H,21,23). The van der Waals surface area contributed by atoms with Crippen molar-refractivity contribution in [3.63, 3.8) is 0 Å². The highest BCUT2D eigenvalue weighted by Crippen LogP contribution is 2.27. The molecule has 0 aliphatic carbocycles. The summed E-state index contributed by atoms with van der Waals surface area (Å²) in [5.74, 6) is 0.546. The average Bonchev–Trinajstić information content (AvgIpc) is 3.23. The molecule has 0 atom stereocenters. The van der Waals surface area contributed by atoms with Gasteiger partial charge in [-0.2, -0.15) is 0 Å². The molecule has 6 heteroatoms. The van der Waals surface area contributed by atoms with Gasteiger partial charge in [-0.1, -0.05) is 0 Å². The van der Waals surface area contributed by atoms with Gasteiger partial charge in [0.15, 0.2) is 0 Å². The molecule has 3 heterocycles. The number of carbonyl (C=O) groups is 2. The number of carbonyl (C=O) groups excluding carboxylic acids is 2. The molecular formula is C18H18N4O2. The molecule has 0 unspecified atom stereocenters. The largest absolute Gasteiger partial charge is 0.356 e. The summed E-state index contributed by atoms with van der Waals surface area (Å²) in [6, 6.07) is 9.04. The molecule has 6 nitrogen and oxygen atoms in total. The zero-order valence-corrected chi connectivity index (χ0v) is 13.2. The van der Waals surface area contributed by atoms with Crippen molar-refractivity contribution >= 4 is 29.0 Å². The number of pyridine rings is 1. The Morgan fingerprint density at radius 3 is 2.88 bits per heavy atom. The molecule has 122 valence electrons. The van der Waals surface area contributed by atoms with Gasteiger partial charge in [0.1, 0.15) is 5.82 Å². The Bertz CT molecular complexity index is 812. The third-order valence-electron chi connectivity index (χ3n) is 4.43. The molecule has 24 heavy (non-hydrogen) atoms. The Hall–Kier alpha value is -2.89. The monoisotopic (exact) mass is 322 g/mol. The van der Waals surface area contributed by atoms with Crippen molar-refractivity contribution in [2.24, 2.45) is 0 Å². The number of anilines is 3. The molecule has 2 amide bonds. The molecule has 1 saturated heterocycles. The van der Waals surface area contributed by atoms with Gasteiger partial charge in [0.05, 0.1) is 12.0 Å². The summed E-state index contributed by atoms with van der Waals surface area (Å²) in [5, 5.41) is 5.71. The lowest BCUT2D eigenvalue weighted by molar-refractivity contribution is -0.115. The third kappa shape index (κ3) is 2.71. The molecule has 0 saturated carbocycles. The predicted octanol–water partition coefficient (Wildman–Crippen LogP) is 2.43. The quantitative estimate of drug-likeness (QED) is 0.910. The molecule has 1 aromatic heterocycles. The van der Waals surface area contributed by atoms with Crippen molar-refractivity contribution < 1.29 is 9.59 Å². The van der Waals surface area contributed by atoms with Crippen LogP contribution < -0.4 is 15.5 Å². The van der Waals surface area contributed by atoms with Crippen LogP contribution in [0.5, 0.6) is 0 Å². The smallest absolute Gasteiger partial charge is 0.259 e. The average molecular weight is 322 g/mol. The molecular weight excluding hydrogens is 304 g/mol. The third-order valence-corrected chi connectivity index (χ3v) is 4.43. The van der Waals surface area contributed by atoms with E-state index in [1.807, 2.05) is 12.1 Å². The van der Waals surface area contributed by atoms with Gasteiger partial charge in [0.25, 0.3) is 5.91 Å². The zero-order chi connectivity index (χ0) is 16.5. The van der Waals surface area contributed by atoms with Gasteiger partial charge in [-0.25, -0.2) is 4.98 Å². The van der Waals surface area contributed by atoms with E-state index in [1.165, 1.54) is 0 Å². The van der Waals surface area contributed by atoms with Crippen LogP contribution in [0.3, 0.4) is 0 Å². The van der Waals surface area contributed by atoms with Gasteiger partial charge >= 0.3 is 0 Å². The van der Waals surface area contributed by atoms with Crippen molar-refractivity contribution in [3.05, 3.63) is 47.7 Å². The minimum absolute atomic E-state index is 0.0166. The van der Waals surface area contributed by atoms with Gasteiger partial charge < -0.3 is 15.5 Å². The summed E-state index contributed by atoms with van der Waals surface area (Å²) >= 11 is 0. The zero-order valence-electron chi connectivity index (χ0n) is 13.2. The Labute approximate surface area is 139 Å². The van der Waals surface area contributed by atoms with E-state index in [2.05, 4.69) is 20.5 Å². The molecule has 0 bridgehead atoms. The predicted molar refractivity (Wildman–Crippen MR) is 92.4 cm³/mol. The lowest BCUT2D eigenvalue weighted by atomic mass is 10.1. The lowest BCUT2D eigenvalue weighted by Crippen LogP contribution is -2.24. The SMILES string of the molecule is O=C1Cc2cc(NC(=O)c3cccnc3N3CCCC3)ccc2N1. The summed E-state index contributed by atoms with van der Waals surface area (Å²) in [6.45, 7) is 1.87. The first-order chi connectivity index (χ1) is 11.7. The van der Waals surface area contributed by atoms with Gasteiger partial charge in [-0.05, 0) is 48.7 Å². The van der Waals surface area contributed by atoms with Gasteiger partial charge in [0, 0.05) is 30.7 Å². The molecule has 4 rings (SSSR count). The Morgan fingerprint density at radius 1 is 1.21 bits per heavy atom. The maximum absolute atomic E-state index is 12.7. The molecule has 1 aromatic carbocycles. The fourth-order valence-electron chi connectivity index (χ4n) is 3.26. The van der Waals surface area contributed by atoms with Gasteiger partial charge in [-0.3, -0.25) is 9.59 Å². The van der Waals surface area contributed by atoms with Crippen LogP contribution in [0.1, 0.15) is 28.8 Å². The maximum atomic E-state index is 12.7. The van der Waals surface area contributed by atoms with E-state index in [0.29, 0.717) is 17.7 Å². The van der Waals surface area contributed by atoms with Crippen LogP contribution in [-0.4, -0.2) is 29.9 Å². The van der Waals surface area contributed by atoms with E-state index in [-0.39, 0.29) is 11.8 Å². The topological polar surface area (TPSA) is 74.3 Å². The van der Waals surface area contributed by atoms with E-state index < -0.39 is 0 Å². The van der Waals surface area contributed by atoms with E-state index in [0.717, 1.165) is 43.0 Å². The number of rotatable bonds is 3. The minimum Gasteiger partial charge on any atom is -0.356 e. The van der Waals surface area contributed by atoms with E-state index in [9.17, 15) is 9.59 Å². The fraction of sp³-hybridized carbons (Fsp3) is 0.278. The fourth-order valence-corrected chi connectivity index (χ4v) is 3.26. The molecule has 0 spiro atoms. The van der Waals surface area contributed by atoms with E-state index >= 15 is 0 Å². The van der Waals surface area contributed by atoms with Crippen LogP contribution in [0.25, 0.3) is 0 Å². The summed E-state index contributed by atoms with van der Waals surface area (Å²) in [7, 11) is 0. The highest BCUT2D eigenvalue weighted by Gasteiger charge is 2.22. The Kier molecular flexibility index (Phi) is 3.65. The number of benzene rings is 1. The van der Waals surface area contributed by atoms with Crippen molar-refractivity contribution in [3.8, 4) is 0 Å². The van der Waals surface area contributed by atoms with Gasteiger partial charge in [0.2, 0.25) is 5.91 Å². The summed E-state index contributed by atoms with van der Waals surface area (Å²) in [5.41, 5.74) is 2.99. The molecule has 0 radical (unpaired) electrons. The second-order valence-corrected chi connectivity index (χ2v) is 6.12. The first kappa shape index (κ1) is 14.7. The number of hydrogen-bond acceptors (Lipinski definition) is 4. The van der Waals surface area contributed by atoms with Crippen LogP contribution in [0.4, 0.5) is 17.2 Å². The van der Waals surface area contributed by atoms with Crippen LogP contribution in [-0.2, 0) is 11.2 Å². The lowest BCUT2D eigenvalue weighted by Gasteiger charge is -2.19. The van der Waals surface area contributed by atoms with Crippen LogP contribution in [0.15, 0.2) is 36.5 Å².